The van der Waals surface area contributed by atoms with Crippen molar-refractivity contribution in [1.82, 2.24) is 4.98 Å². The first-order chi connectivity index (χ1) is 10.1. The summed E-state index contributed by atoms with van der Waals surface area (Å²) >= 11 is 9.31. The number of nitrogens with zero attached hydrogens (tertiary/aromatic N) is 1. The van der Waals surface area contributed by atoms with E-state index in [1.165, 1.54) is 0 Å². The summed E-state index contributed by atoms with van der Waals surface area (Å²) in [5.74, 6) is 0.176. The lowest BCUT2D eigenvalue weighted by Crippen LogP contribution is -1.85. The smallest absolute Gasteiger partial charge is 0.141 e. The van der Waals surface area contributed by atoms with E-state index in [1.54, 1.807) is 6.07 Å². The minimum atomic E-state index is 0.176. The van der Waals surface area contributed by atoms with Crippen LogP contribution in [0.1, 0.15) is 11.3 Å². The molecule has 0 aliphatic rings. The number of fused-ring (bicyclic) bond motifs is 1. The maximum Gasteiger partial charge on any atom is 0.141 e. The highest BCUT2D eigenvalue weighted by molar-refractivity contribution is 9.10. The second kappa shape index (κ2) is 5.88. The van der Waals surface area contributed by atoms with Gasteiger partial charge in [0.25, 0.3) is 0 Å². The maximum absolute atomic E-state index is 9.91. The molecule has 104 valence electrons. The fourth-order valence-electron chi connectivity index (χ4n) is 2.03. The van der Waals surface area contributed by atoms with Gasteiger partial charge in [-0.15, -0.1) is 0 Å². The molecule has 0 radical (unpaired) electrons. The topological polar surface area (TPSA) is 33.1 Å². The van der Waals surface area contributed by atoms with Crippen LogP contribution >= 0.6 is 27.5 Å². The van der Waals surface area contributed by atoms with Gasteiger partial charge in [-0.2, -0.15) is 0 Å². The van der Waals surface area contributed by atoms with Crippen LogP contribution in [0.2, 0.25) is 5.02 Å². The van der Waals surface area contributed by atoms with Crippen LogP contribution in [0, 0.1) is 0 Å². The molecular weight excluding hydrogens is 350 g/mol. The predicted octanol–water partition coefficient (Wildman–Crippen LogP) is 5.53. The molecule has 0 saturated carbocycles. The van der Waals surface area contributed by atoms with Gasteiger partial charge in [0.05, 0.1) is 5.69 Å². The van der Waals surface area contributed by atoms with Gasteiger partial charge < -0.3 is 5.11 Å². The van der Waals surface area contributed by atoms with Crippen LogP contribution in [-0.4, -0.2) is 10.1 Å². The van der Waals surface area contributed by atoms with Crippen molar-refractivity contribution in [3.05, 3.63) is 69.3 Å². The number of benzene rings is 2. The third-order valence-electron chi connectivity index (χ3n) is 3.12. The molecule has 0 atom stereocenters. The third-order valence-corrected chi connectivity index (χ3v) is 4.06. The van der Waals surface area contributed by atoms with Crippen molar-refractivity contribution in [2.45, 2.75) is 0 Å². The van der Waals surface area contributed by atoms with E-state index in [0.29, 0.717) is 10.5 Å². The fourth-order valence-corrected chi connectivity index (χ4v) is 2.61. The van der Waals surface area contributed by atoms with E-state index in [9.17, 15) is 5.11 Å². The largest absolute Gasteiger partial charge is 0.506 e. The Morgan fingerprint density at radius 2 is 1.71 bits per heavy atom. The molecule has 0 bridgehead atoms. The van der Waals surface area contributed by atoms with Crippen molar-refractivity contribution >= 4 is 50.6 Å². The van der Waals surface area contributed by atoms with Gasteiger partial charge in [0.15, 0.2) is 0 Å². The first kappa shape index (κ1) is 14.1. The summed E-state index contributed by atoms with van der Waals surface area (Å²) in [5, 5.41) is 11.5. The number of phenolic OH excluding ortho intramolecular Hbond substituents is 1. The lowest BCUT2D eigenvalue weighted by Gasteiger charge is -2.03. The summed E-state index contributed by atoms with van der Waals surface area (Å²) < 4.78 is 0.913. The van der Waals surface area contributed by atoms with Crippen LogP contribution < -0.4 is 0 Å². The Kier molecular flexibility index (Phi) is 3.95. The van der Waals surface area contributed by atoms with Gasteiger partial charge in [0.1, 0.15) is 11.3 Å². The zero-order chi connectivity index (χ0) is 14.8. The van der Waals surface area contributed by atoms with Crippen LogP contribution in [0.5, 0.6) is 5.75 Å². The molecule has 0 unspecified atom stereocenters. The Morgan fingerprint density at radius 3 is 2.48 bits per heavy atom. The molecule has 2 aromatic carbocycles. The van der Waals surface area contributed by atoms with E-state index < -0.39 is 0 Å². The van der Waals surface area contributed by atoms with Crippen LogP contribution in [0.4, 0.5) is 0 Å². The van der Waals surface area contributed by atoms with Crippen LogP contribution in [0.25, 0.3) is 23.1 Å². The molecule has 0 saturated heterocycles. The zero-order valence-corrected chi connectivity index (χ0v) is 13.3. The van der Waals surface area contributed by atoms with Crippen molar-refractivity contribution in [2.75, 3.05) is 0 Å². The van der Waals surface area contributed by atoms with E-state index in [-0.39, 0.29) is 5.75 Å². The number of pyridine rings is 1. The second-order valence-electron chi connectivity index (χ2n) is 4.58. The average molecular weight is 361 g/mol. The molecule has 3 rings (SSSR count). The maximum atomic E-state index is 9.91. The number of aromatic hydroxyl groups is 1. The van der Waals surface area contributed by atoms with Crippen LogP contribution in [0.3, 0.4) is 0 Å². The van der Waals surface area contributed by atoms with Gasteiger partial charge >= 0.3 is 0 Å². The highest BCUT2D eigenvalue weighted by atomic mass is 79.9. The molecule has 0 aliphatic heterocycles. The predicted molar refractivity (Wildman–Crippen MR) is 91.5 cm³/mol. The minimum absolute atomic E-state index is 0.176. The van der Waals surface area contributed by atoms with Crippen molar-refractivity contribution in [3.63, 3.8) is 0 Å². The first-order valence-electron chi connectivity index (χ1n) is 6.35. The molecule has 3 aromatic rings. The number of aromatic nitrogens is 1. The standard InChI is InChI=1S/C17H11BrClNO/c18-15-9-10-16(21)17-14(15)8-7-13(20-17)6-3-11-1-4-12(19)5-2-11/h1-10,21H/b6-3+. The molecule has 0 aliphatic carbocycles. The highest BCUT2D eigenvalue weighted by Crippen LogP contribution is 2.29. The minimum Gasteiger partial charge on any atom is -0.506 e. The second-order valence-corrected chi connectivity index (χ2v) is 5.87. The molecule has 4 heteroatoms. The van der Waals surface area contributed by atoms with Gasteiger partial charge in [-0.3, -0.25) is 0 Å². The van der Waals surface area contributed by atoms with Crippen LogP contribution in [0.15, 0.2) is 53.0 Å². The van der Waals surface area contributed by atoms with Gasteiger partial charge in [0.2, 0.25) is 0 Å². The number of rotatable bonds is 2. The summed E-state index contributed by atoms with van der Waals surface area (Å²) in [7, 11) is 0. The van der Waals surface area contributed by atoms with Crippen molar-refractivity contribution < 1.29 is 5.11 Å². The lowest BCUT2D eigenvalue weighted by molar-refractivity contribution is 0.480. The zero-order valence-electron chi connectivity index (χ0n) is 10.9. The third kappa shape index (κ3) is 3.09. The van der Waals surface area contributed by atoms with E-state index in [2.05, 4.69) is 20.9 Å². The van der Waals surface area contributed by atoms with Gasteiger partial charge in [0, 0.05) is 14.9 Å². The van der Waals surface area contributed by atoms with E-state index in [1.807, 2.05) is 54.6 Å². The number of phenols is 1. The van der Waals surface area contributed by atoms with Crippen molar-refractivity contribution in [3.8, 4) is 5.75 Å². The van der Waals surface area contributed by atoms with Gasteiger partial charge in [-0.05, 0) is 48.0 Å². The summed E-state index contributed by atoms with van der Waals surface area (Å²) in [6, 6.07) is 14.9. The molecule has 1 aromatic heterocycles. The Morgan fingerprint density at radius 1 is 0.952 bits per heavy atom. The number of halogens is 2. The summed E-state index contributed by atoms with van der Waals surface area (Å²) in [6.07, 6.45) is 3.86. The molecule has 2 nitrogen and oxygen atoms in total. The Bertz CT molecular complexity index is 828. The molecule has 1 N–H and O–H groups in total. The van der Waals surface area contributed by atoms with E-state index >= 15 is 0 Å². The molecular formula is C17H11BrClNO. The van der Waals surface area contributed by atoms with E-state index in [0.717, 1.165) is 21.1 Å². The summed E-state index contributed by atoms with van der Waals surface area (Å²) in [5.41, 5.74) is 2.41. The molecule has 0 spiro atoms. The molecule has 1 heterocycles. The van der Waals surface area contributed by atoms with Gasteiger partial charge in [-0.1, -0.05) is 45.7 Å². The molecule has 0 amide bonds. The molecule has 21 heavy (non-hydrogen) atoms. The summed E-state index contributed by atoms with van der Waals surface area (Å²) in [6.45, 7) is 0. The highest BCUT2D eigenvalue weighted by Gasteiger charge is 2.05. The Balaban J connectivity index is 1.98. The fraction of sp³-hybridized carbons (Fsp3) is 0. The van der Waals surface area contributed by atoms with Crippen molar-refractivity contribution in [1.29, 1.82) is 0 Å². The quantitative estimate of drug-likeness (QED) is 0.652. The van der Waals surface area contributed by atoms with Gasteiger partial charge in [-0.25, -0.2) is 4.98 Å². The Labute approximate surface area is 135 Å². The number of hydrogen-bond donors (Lipinski definition) is 1. The first-order valence-corrected chi connectivity index (χ1v) is 7.52. The Hall–Kier alpha value is -1.84. The normalized spacial score (nSPS) is 11.3. The van der Waals surface area contributed by atoms with Crippen LogP contribution in [-0.2, 0) is 0 Å². The SMILES string of the molecule is Oc1ccc(Br)c2ccc(/C=C/c3ccc(Cl)cc3)nc12. The lowest BCUT2D eigenvalue weighted by atomic mass is 10.1. The monoisotopic (exact) mass is 359 g/mol. The van der Waals surface area contributed by atoms with E-state index in [4.69, 9.17) is 11.6 Å². The summed E-state index contributed by atoms with van der Waals surface area (Å²) in [4.78, 5) is 4.48. The average Bonchev–Trinajstić information content (AvgIpc) is 2.50. The van der Waals surface area contributed by atoms with Crippen molar-refractivity contribution in [2.24, 2.45) is 0 Å². The molecule has 0 fully saturated rings. The number of hydrogen-bond acceptors (Lipinski definition) is 2.